The summed E-state index contributed by atoms with van der Waals surface area (Å²) in [5, 5.41) is 12.5. The first-order valence-corrected chi connectivity index (χ1v) is 5.24. The fourth-order valence-electron chi connectivity index (χ4n) is 2.32. The highest BCUT2D eigenvalue weighted by molar-refractivity contribution is 5.13. The van der Waals surface area contributed by atoms with Crippen molar-refractivity contribution in [2.75, 3.05) is 6.54 Å². The summed E-state index contributed by atoms with van der Waals surface area (Å²) in [5.41, 5.74) is -0.376. The Kier molecular flexibility index (Phi) is 3.55. The lowest BCUT2D eigenvalue weighted by atomic mass is 9.71. The molecule has 1 fully saturated rings. The molecule has 0 aliphatic heterocycles. The number of terminal acetylenes is 1. The van der Waals surface area contributed by atoms with E-state index in [1.165, 1.54) is 0 Å². The molecule has 0 spiro atoms. The molecule has 2 nitrogen and oxygen atoms in total. The number of rotatable bonds is 2. The summed E-state index contributed by atoms with van der Waals surface area (Å²) in [4.78, 5) is 0. The summed E-state index contributed by atoms with van der Waals surface area (Å²) >= 11 is 0. The lowest BCUT2D eigenvalue weighted by molar-refractivity contribution is 0.177. The second kappa shape index (κ2) is 4.49. The lowest BCUT2D eigenvalue weighted by Gasteiger charge is -2.39. The van der Waals surface area contributed by atoms with Gasteiger partial charge in [-0.15, -0.1) is 6.42 Å². The monoisotopic (exact) mass is 190 g/mol. The predicted molar refractivity (Wildman–Crippen MR) is 57.4 cm³/mol. The molecule has 0 aromatic carbocycles. The van der Waals surface area contributed by atoms with Crippen molar-refractivity contribution in [1.29, 1.82) is 5.26 Å². The second-order valence-electron chi connectivity index (χ2n) is 4.42. The largest absolute Gasteiger partial charge is 0.288 e. The van der Waals surface area contributed by atoms with Gasteiger partial charge in [0, 0.05) is 0 Å². The molecule has 0 bridgehead atoms. The Bertz CT molecular complexity index is 271. The minimum atomic E-state index is -0.376. The average Bonchev–Trinajstić information content (AvgIpc) is 2.18. The van der Waals surface area contributed by atoms with E-state index in [1.807, 2.05) is 0 Å². The maximum Gasteiger partial charge on any atom is 0.110 e. The molecule has 1 saturated carbocycles. The SMILES string of the molecule is C#CCNC1(C#N)CCC(C)CC1C. The Morgan fingerprint density at radius 2 is 2.29 bits per heavy atom. The van der Waals surface area contributed by atoms with Crippen LogP contribution in [0.3, 0.4) is 0 Å². The zero-order valence-corrected chi connectivity index (χ0v) is 9.01. The van der Waals surface area contributed by atoms with Crippen LogP contribution in [0.25, 0.3) is 0 Å². The molecule has 1 rings (SSSR count). The minimum absolute atomic E-state index is 0.376. The van der Waals surface area contributed by atoms with Crippen molar-refractivity contribution in [3.05, 3.63) is 0 Å². The Morgan fingerprint density at radius 1 is 1.57 bits per heavy atom. The third-order valence-corrected chi connectivity index (χ3v) is 3.33. The van der Waals surface area contributed by atoms with Crippen LogP contribution in [0.4, 0.5) is 0 Å². The van der Waals surface area contributed by atoms with Crippen LogP contribution >= 0.6 is 0 Å². The summed E-state index contributed by atoms with van der Waals surface area (Å²) in [5.74, 6) is 3.67. The average molecular weight is 190 g/mol. The van der Waals surface area contributed by atoms with Gasteiger partial charge in [-0.2, -0.15) is 5.26 Å². The fraction of sp³-hybridized carbons (Fsp3) is 0.750. The van der Waals surface area contributed by atoms with Gasteiger partial charge in [-0.3, -0.25) is 5.32 Å². The number of hydrogen-bond donors (Lipinski definition) is 1. The van der Waals surface area contributed by atoms with Crippen molar-refractivity contribution in [2.45, 2.75) is 38.6 Å². The smallest absolute Gasteiger partial charge is 0.110 e. The second-order valence-corrected chi connectivity index (χ2v) is 4.42. The van der Waals surface area contributed by atoms with E-state index in [0.717, 1.165) is 25.2 Å². The highest BCUT2D eigenvalue weighted by Gasteiger charge is 2.39. The van der Waals surface area contributed by atoms with Gasteiger partial charge in [0.25, 0.3) is 0 Å². The third kappa shape index (κ3) is 2.08. The van der Waals surface area contributed by atoms with Crippen LogP contribution in [-0.2, 0) is 0 Å². The Labute approximate surface area is 86.7 Å². The van der Waals surface area contributed by atoms with Gasteiger partial charge in [0.1, 0.15) is 5.54 Å². The molecule has 1 aliphatic rings. The van der Waals surface area contributed by atoms with Crippen LogP contribution < -0.4 is 5.32 Å². The zero-order valence-electron chi connectivity index (χ0n) is 9.01. The molecule has 0 radical (unpaired) electrons. The Balaban J connectivity index is 2.70. The van der Waals surface area contributed by atoms with E-state index in [9.17, 15) is 5.26 Å². The Morgan fingerprint density at radius 3 is 2.79 bits per heavy atom. The molecule has 0 amide bonds. The van der Waals surface area contributed by atoms with Gasteiger partial charge >= 0.3 is 0 Å². The maximum absolute atomic E-state index is 9.24. The van der Waals surface area contributed by atoms with Crippen LogP contribution in [0.15, 0.2) is 0 Å². The topological polar surface area (TPSA) is 35.8 Å². The summed E-state index contributed by atoms with van der Waals surface area (Å²) < 4.78 is 0. The molecule has 1 aliphatic carbocycles. The van der Waals surface area contributed by atoms with E-state index in [1.54, 1.807) is 0 Å². The minimum Gasteiger partial charge on any atom is -0.288 e. The number of nitrogens with zero attached hydrogens (tertiary/aromatic N) is 1. The van der Waals surface area contributed by atoms with Crippen LogP contribution in [0, 0.1) is 35.5 Å². The molecule has 1 N–H and O–H groups in total. The molecule has 3 atom stereocenters. The molecule has 0 heterocycles. The van der Waals surface area contributed by atoms with Crippen molar-refractivity contribution in [3.63, 3.8) is 0 Å². The van der Waals surface area contributed by atoms with Gasteiger partial charge in [-0.25, -0.2) is 0 Å². The molecule has 76 valence electrons. The van der Waals surface area contributed by atoms with Gasteiger partial charge in [-0.1, -0.05) is 19.8 Å². The first kappa shape index (κ1) is 11.1. The normalized spacial score (nSPS) is 37.1. The molecule has 2 heteroatoms. The van der Waals surface area contributed by atoms with E-state index < -0.39 is 0 Å². The Hall–Kier alpha value is -0.990. The van der Waals surface area contributed by atoms with Crippen LogP contribution in [0.5, 0.6) is 0 Å². The molecular weight excluding hydrogens is 172 g/mol. The van der Waals surface area contributed by atoms with Crippen molar-refractivity contribution in [3.8, 4) is 18.4 Å². The number of nitrogens with one attached hydrogen (secondary N) is 1. The number of nitriles is 1. The van der Waals surface area contributed by atoms with Gasteiger partial charge in [0.15, 0.2) is 0 Å². The van der Waals surface area contributed by atoms with Crippen molar-refractivity contribution in [1.82, 2.24) is 5.32 Å². The van der Waals surface area contributed by atoms with Crippen molar-refractivity contribution < 1.29 is 0 Å². The van der Waals surface area contributed by atoms with Gasteiger partial charge < -0.3 is 0 Å². The number of hydrogen-bond acceptors (Lipinski definition) is 2. The van der Waals surface area contributed by atoms with E-state index in [0.29, 0.717) is 12.5 Å². The summed E-state index contributed by atoms with van der Waals surface area (Å²) in [6.07, 6.45) is 8.37. The van der Waals surface area contributed by atoms with Crippen LogP contribution in [0.1, 0.15) is 33.1 Å². The molecular formula is C12H18N2. The first-order chi connectivity index (χ1) is 6.64. The highest BCUT2D eigenvalue weighted by Crippen LogP contribution is 2.36. The van der Waals surface area contributed by atoms with Crippen LogP contribution in [0.2, 0.25) is 0 Å². The molecule has 0 saturated heterocycles. The predicted octanol–water partition coefficient (Wildman–Crippen LogP) is 1.93. The molecule has 3 unspecified atom stereocenters. The van der Waals surface area contributed by atoms with E-state index in [4.69, 9.17) is 6.42 Å². The summed E-state index contributed by atoms with van der Waals surface area (Å²) in [6, 6.07) is 2.42. The highest BCUT2D eigenvalue weighted by atomic mass is 15.0. The van der Waals surface area contributed by atoms with Crippen LogP contribution in [-0.4, -0.2) is 12.1 Å². The van der Waals surface area contributed by atoms with E-state index >= 15 is 0 Å². The summed E-state index contributed by atoms with van der Waals surface area (Å²) in [6.45, 7) is 4.88. The van der Waals surface area contributed by atoms with Crippen molar-refractivity contribution in [2.24, 2.45) is 11.8 Å². The molecule has 0 aromatic heterocycles. The zero-order chi connectivity index (χ0) is 10.6. The fourth-order valence-corrected chi connectivity index (χ4v) is 2.32. The van der Waals surface area contributed by atoms with Gasteiger partial charge in [-0.05, 0) is 31.1 Å². The van der Waals surface area contributed by atoms with Gasteiger partial charge in [0.05, 0.1) is 12.6 Å². The standard InChI is InChI=1S/C12H18N2/c1-4-7-14-12(9-13)6-5-10(2)8-11(12)3/h1,10-11,14H,5-8H2,2-3H3. The third-order valence-electron chi connectivity index (χ3n) is 3.33. The maximum atomic E-state index is 9.24. The summed E-state index contributed by atoms with van der Waals surface area (Å²) in [7, 11) is 0. The van der Waals surface area contributed by atoms with E-state index in [2.05, 4.69) is 31.2 Å². The van der Waals surface area contributed by atoms with Gasteiger partial charge in [0.2, 0.25) is 0 Å². The first-order valence-electron chi connectivity index (χ1n) is 5.24. The van der Waals surface area contributed by atoms with Crippen molar-refractivity contribution >= 4 is 0 Å². The molecule has 0 aromatic rings. The quantitative estimate of drug-likeness (QED) is 0.675. The lowest BCUT2D eigenvalue weighted by Crippen LogP contribution is -2.52. The van der Waals surface area contributed by atoms with E-state index in [-0.39, 0.29) is 5.54 Å². The molecule has 14 heavy (non-hydrogen) atoms.